The van der Waals surface area contributed by atoms with Crippen LogP contribution in [0.5, 0.6) is 0 Å². The zero-order chi connectivity index (χ0) is 15.2. The molecule has 2 rings (SSSR count). The van der Waals surface area contributed by atoms with E-state index in [1.165, 1.54) is 0 Å². The SMILES string of the molecule is C=C(C)C(=O)OCCNC(=O)Cc1nc2ccccc2[nH]1. The number of para-hydroxylation sites is 2. The Kier molecular flexibility index (Phi) is 4.71. The largest absolute Gasteiger partial charge is 0.460 e. The topological polar surface area (TPSA) is 84.1 Å². The zero-order valence-electron chi connectivity index (χ0n) is 11.8. The second kappa shape index (κ2) is 6.69. The third kappa shape index (κ3) is 4.17. The molecule has 0 aliphatic rings. The molecule has 1 aromatic carbocycles. The quantitative estimate of drug-likeness (QED) is 0.477. The molecule has 110 valence electrons. The number of imidazole rings is 1. The molecule has 0 unspecified atom stereocenters. The fraction of sp³-hybridized carbons (Fsp3) is 0.267. The molecule has 1 aromatic heterocycles. The lowest BCUT2D eigenvalue weighted by Crippen LogP contribution is -2.29. The van der Waals surface area contributed by atoms with Crippen molar-refractivity contribution in [2.24, 2.45) is 0 Å². The highest BCUT2D eigenvalue weighted by Crippen LogP contribution is 2.10. The first-order valence-electron chi connectivity index (χ1n) is 6.59. The van der Waals surface area contributed by atoms with Gasteiger partial charge in [-0.3, -0.25) is 4.79 Å². The molecule has 2 N–H and O–H groups in total. The number of aromatic nitrogens is 2. The number of rotatable bonds is 6. The number of esters is 1. The van der Waals surface area contributed by atoms with E-state index in [1.807, 2.05) is 24.3 Å². The van der Waals surface area contributed by atoms with Crippen LogP contribution in [0, 0.1) is 0 Å². The molecule has 0 atom stereocenters. The van der Waals surface area contributed by atoms with E-state index in [0.717, 1.165) is 11.0 Å². The number of H-pyrrole nitrogens is 1. The van der Waals surface area contributed by atoms with Crippen molar-refractivity contribution in [2.75, 3.05) is 13.2 Å². The summed E-state index contributed by atoms with van der Waals surface area (Å²) >= 11 is 0. The van der Waals surface area contributed by atoms with Gasteiger partial charge in [-0.2, -0.15) is 0 Å². The van der Waals surface area contributed by atoms with Crippen LogP contribution < -0.4 is 5.32 Å². The van der Waals surface area contributed by atoms with E-state index in [2.05, 4.69) is 21.9 Å². The summed E-state index contributed by atoms with van der Waals surface area (Å²) in [5.41, 5.74) is 2.06. The summed E-state index contributed by atoms with van der Waals surface area (Å²) in [6.07, 6.45) is 0.156. The normalized spacial score (nSPS) is 10.3. The van der Waals surface area contributed by atoms with Gasteiger partial charge in [0, 0.05) is 5.57 Å². The van der Waals surface area contributed by atoms with Crippen molar-refractivity contribution in [2.45, 2.75) is 13.3 Å². The Morgan fingerprint density at radius 1 is 1.38 bits per heavy atom. The number of aromatic amines is 1. The van der Waals surface area contributed by atoms with Gasteiger partial charge in [0.2, 0.25) is 5.91 Å². The van der Waals surface area contributed by atoms with Crippen LogP contribution in [0.4, 0.5) is 0 Å². The molecule has 0 aliphatic heterocycles. The molecule has 0 fully saturated rings. The van der Waals surface area contributed by atoms with Gasteiger partial charge in [0.1, 0.15) is 12.4 Å². The van der Waals surface area contributed by atoms with Gasteiger partial charge >= 0.3 is 5.97 Å². The van der Waals surface area contributed by atoms with Gasteiger partial charge in [-0.25, -0.2) is 9.78 Å². The minimum absolute atomic E-state index is 0.123. The number of nitrogens with one attached hydrogen (secondary N) is 2. The molecule has 1 amide bonds. The van der Waals surface area contributed by atoms with Crippen LogP contribution >= 0.6 is 0 Å². The Balaban J connectivity index is 1.77. The highest BCUT2D eigenvalue weighted by atomic mass is 16.5. The second-order valence-corrected chi connectivity index (χ2v) is 4.64. The fourth-order valence-corrected chi connectivity index (χ4v) is 1.76. The van der Waals surface area contributed by atoms with Gasteiger partial charge < -0.3 is 15.0 Å². The lowest BCUT2D eigenvalue weighted by Gasteiger charge is -2.05. The average Bonchev–Trinajstić information content (AvgIpc) is 2.85. The molecule has 0 bridgehead atoms. The third-order valence-corrected chi connectivity index (χ3v) is 2.77. The fourth-order valence-electron chi connectivity index (χ4n) is 1.76. The van der Waals surface area contributed by atoms with Gasteiger partial charge in [-0.05, 0) is 19.1 Å². The number of nitrogens with zero attached hydrogens (tertiary/aromatic N) is 1. The molecule has 1 heterocycles. The van der Waals surface area contributed by atoms with Crippen LogP contribution in [0.25, 0.3) is 11.0 Å². The third-order valence-electron chi connectivity index (χ3n) is 2.77. The summed E-state index contributed by atoms with van der Waals surface area (Å²) in [5, 5.41) is 2.66. The van der Waals surface area contributed by atoms with Crippen molar-refractivity contribution >= 4 is 22.9 Å². The van der Waals surface area contributed by atoms with Crippen LogP contribution in [0.1, 0.15) is 12.7 Å². The molecule has 0 saturated heterocycles. The molecule has 0 radical (unpaired) electrons. The van der Waals surface area contributed by atoms with Gasteiger partial charge in [-0.15, -0.1) is 0 Å². The Morgan fingerprint density at radius 2 is 2.14 bits per heavy atom. The first-order chi connectivity index (χ1) is 10.1. The van der Waals surface area contributed by atoms with Crippen molar-refractivity contribution in [3.63, 3.8) is 0 Å². The first kappa shape index (κ1) is 14.8. The Labute approximate surface area is 122 Å². The summed E-state index contributed by atoms with van der Waals surface area (Å²) in [5.74, 6) is -0.0328. The van der Waals surface area contributed by atoms with Crippen LogP contribution in [-0.4, -0.2) is 35.0 Å². The van der Waals surface area contributed by atoms with Gasteiger partial charge in [0.15, 0.2) is 0 Å². The minimum atomic E-state index is -0.457. The van der Waals surface area contributed by atoms with Crippen molar-refractivity contribution < 1.29 is 14.3 Å². The summed E-state index contributed by atoms with van der Waals surface area (Å²) in [4.78, 5) is 30.3. The van der Waals surface area contributed by atoms with E-state index in [0.29, 0.717) is 11.4 Å². The molecule has 0 aliphatic carbocycles. The molecule has 2 aromatic rings. The van der Waals surface area contributed by atoms with E-state index in [9.17, 15) is 9.59 Å². The molecule has 0 spiro atoms. The van der Waals surface area contributed by atoms with Crippen molar-refractivity contribution in [1.29, 1.82) is 0 Å². The number of fused-ring (bicyclic) bond motifs is 1. The highest BCUT2D eigenvalue weighted by molar-refractivity contribution is 5.87. The molecule has 0 saturated carbocycles. The number of hydrogen-bond donors (Lipinski definition) is 2. The minimum Gasteiger partial charge on any atom is -0.460 e. The lowest BCUT2D eigenvalue weighted by atomic mass is 10.3. The Bertz CT molecular complexity index is 643. The van der Waals surface area contributed by atoms with Crippen LogP contribution in [0.3, 0.4) is 0 Å². The van der Waals surface area contributed by atoms with E-state index < -0.39 is 5.97 Å². The average molecular weight is 287 g/mol. The van der Waals surface area contributed by atoms with E-state index in [1.54, 1.807) is 6.92 Å². The predicted octanol–water partition coefficient (Wildman–Crippen LogP) is 1.34. The van der Waals surface area contributed by atoms with Crippen LogP contribution in [0.15, 0.2) is 36.4 Å². The maximum Gasteiger partial charge on any atom is 0.333 e. The summed E-state index contributed by atoms with van der Waals surface area (Å²) < 4.78 is 4.88. The number of carbonyl (C=O) groups excluding carboxylic acids is 2. The maximum absolute atomic E-state index is 11.7. The maximum atomic E-state index is 11.7. The Hall–Kier alpha value is -2.63. The number of ether oxygens (including phenoxy) is 1. The summed E-state index contributed by atoms with van der Waals surface area (Å²) in [6.45, 7) is 5.43. The monoisotopic (exact) mass is 287 g/mol. The highest BCUT2D eigenvalue weighted by Gasteiger charge is 2.08. The number of hydrogen-bond acceptors (Lipinski definition) is 4. The number of carbonyl (C=O) groups is 2. The molecule has 6 heteroatoms. The summed E-state index contributed by atoms with van der Waals surface area (Å²) in [6, 6.07) is 7.58. The van der Waals surface area contributed by atoms with E-state index >= 15 is 0 Å². The van der Waals surface area contributed by atoms with Crippen molar-refractivity contribution in [3.8, 4) is 0 Å². The Morgan fingerprint density at radius 3 is 2.86 bits per heavy atom. The number of amides is 1. The van der Waals surface area contributed by atoms with Gasteiger partial charge in [0.05, 0.1) is 24.0 Å². The standard InChI is InChI=1S/C15H17N3O3/c1-10(2)15(20)21-8-7-16-14(19)9-13-17-11-5-3-4-6-12(11)18-13/h3-6H,1,7-9H2,2H3,(H,16,19)(H,17,18). The molecular weight excluding hydrogens is 270 g/mol. The van der Waals surface area contributed by atoms with Crippen LogP contribution in [-0.2, 0) is 20.7 Å². The van der Waals surface area contributed by atoms with E-state index in [-0.39, 0.29) is 25.5 Å². The summed E-state index contributed by atoms with van der Waals surface area (Å²) in [7, 11) is 0. The van der Waals surface area contributed by atoms with Gasteiger partial charge in [0.25, 0.3) is 0 Å². The zero-order valence-corrected chi connectivity index (χ0v) is 11.8. The van der Waals surface area contributed by atoms with Gasteiger partial charge in [-0.1, -0.05) is 18.7 Å². The number of benzene rings is 1. The van der Waals surface area contributed by atoms with Crippen LogP contribution in [0.2, 0.25) is 0 Å². The second-order valence-electron chi connectivity index (χ2n) is 4.64. The van der Waals surface area contributed by atoms with Crippen molar-refractivity contribution in [3.05, 3.63) is 42.2 Å². The first-order valence-corrected chi connectivity index (χ1v) is 6.59. The predicted molar refractivity (Wildman–Crippen MR) is 78.6 cm³/mol. The molecular formula is C15H17N3O3. The smallest absolute Gasteiger partial charge is 0.333 e. The molecule has 21 heavy (non-hydrogen) atoms. The van der Waals surface area contributed by atoms with E-state index in [4.69, 9.17) is 4.74 Å². The molecule has 6 nitrogen and oxygen atoms in total. The lowest BCUT2D eigenvalue weighted by molar-refractivity contribution is -0.139. The van der Waals surface area contributed by atoms with Crippen molar-refractivity contribution in [1.82, 2.24) is 15.3 Å².